The van der Waals surface area contributed by atoms with Gasteiger partial charge in [0.05, 0.1) is 18.1 Å². The third-order valence-electron chi connectivity index (χ3n) is 5.70. The Hall–Kier alpha value is -2.27. The number of aromatic nitrogens is 3. The molecule has 2 aromatic heterocycles. The second kappa shape index (κ2) is 8.00. The van der Waals surface area contributed by atoms with E-state index in [1.165, 1.54) is 31.0 Å². The van der Waals surface area contributed by atoms with Crippen LogP contribution in [-0.4, -0.2) is 32.0 Å². The van der Waals surface area contributed by atoms with Crippen LogP contribution in [0, 0.1) is 17.2 Å². The van der Waals surface area contributed by atoms with Crippen LogP contribution in [-0.2, 0) is 4.79 Å². The molecule has 0 saturated heterocycles. The van der Waals surface area contributed by atoms with Gasteiger partial charge in [0.25, 0.3) is 0 Å². The first kappa shape index (κ1) is 19.1. The van der Waals surface area contributed by atoms with Gasteiger partial charge >= 0.3 is 0 Å². The highest BCUT2D eigenvalue weighted by molar-refractivity contribution is 7.99. The van der Waals surface area contributed by atoms with Crippen molar-refractivity contribution in [3.63, 3.8) is 0 Å². The molecular formula is C20H25N5O2S. The summed E-state index contributed by atoms with van der Waals surface area (Å²) in [5, 5.41) is 21.8. The Balaban J connectivity index is 1.49. The fraction of sp³-hybridized carbons (Fsp3) is 0.600. The number of hydrogen-bond donors (Lipinski definition) is 1. The molecule has 2 aromatic rings. The molecule has 0 bridgehead atoms. The first-order chi connectivity index (χ1) is 13.6. The number of furan rings is 1. The van der Waals surface area contributed by atoms with Crippen LogP contribution < -0.4 is 5.32 Å². The number of carbonyl (C=O) groups is 1. The second-order valence-electron chi connectivity index (χ2n) is 7.87. The van der Waals surface area contributed by atoms with E-state index < -0.39 is 5.54 Å². The number of amides is 1. The van der Waals surface area contributed by atoms with Gasteiger partial charge in [-0.25, -0.2) is 0 Å². The average Bonchev–Trinajstić information content (AvgIpc) is 3.28. The highest BCUT2D eigenvalue weighted by Gasteiger charge is 2.43. The number of nitrogens with one attached hydrogen (secondary N) is 1. The summed E-state index contributed by atoms with van der Waals surface area (Å²) >= 11 is 1.38. The van der Waals surface area contributed by atoms with Crippen molar-refractivity contribution in [2.45, 2.75) is 68.6 Å². The van der Waals surface area contributed by atoms with E-state index in [9.17, 15) is 10.1 Å². The highest BCUT2D eigenvalue weighted by atomic mass is 32.2. The van der Waals surface area contributed by atoms with Crippen LogP contribution in [0.1, 0.15) is 57.9 Å². The number of nitriles is 1. The lowest BCUT2D eigenvalue weighted by Gasteiger charge is -2.25. The van der Waals surface area contributed by atoms with Gasteiger partial charge in [0.1, 0.15) is 5.54 Å². The zero-order valence-corrected chi connectivity index (χ0v) is 16.9. The minimum atomic E-state index is -0.770. The van der Waals surface area contributed by atoms with Crippen LogP contribution in [0.5, 0.6) is 0 Å². The molecule has 148 valence electrons. The quantitative estimate of drug-likeness (QED) is 0.708. The Morgan fingerprint density at radius 2 is 2.14 bits per heavy atom. The molecule has 2 saturated carbocycles. The van der Waals surface area contributed by atoms with E-state index in [4.69, 9.17) is 4.42 Å². The molecule has 2 heterocycles. The molecule has 2 aliphatic rings. The molecule has 8 heteroatoms. The molecular weight excluding hydrogens is 374 g/mol. The minimum absolute atomic E-state index is 0.140. The van der Waals surface area contributed by atoms with Crippen LogP contribution >= 0.6 is 11.8 Å². The van der Waals surface area contributed by atoms with Gasteiger partial charge in [-0.1, -0.05) is 31.0 Å². The number of rotatable bonds is 7. The van der Waals surface area contributed by atoms with E-state index in [-0.39, 0.29) is 17.6 Å². The summed E-state index contributed by atoms with van der Waals surface area (Å²) in [4.78, 5) is 12.5. The van der Waals surface area contributed by atoms with Crippen LogP contribution in [0.4, 0.5) is 0 Å². The van der Waals surface area contributed by atoms with Gasteiger partial charge in [-0.3, -0.25) is 9.36 Å². The summed E-state index contributed by atoms with van der Waals surface area (Å²) < 4.78 is 7.69. The van der Waals surface area contributed by atoms with Crippen LogP contribution in [0.25, 0.3) is 11.6 Å². The van der Waals surface area contributed by atoms with Crippen molar-refractivity contribution in [3.05, 3.63) is 18.4 Å². The highest BCUT2D eigenvalue weighted by Crippen LogP contribution is 2.39. The molecule has 0 radical (unpaired) electrons. The van der Waals surface area contributed by atoms with E-state index in [1.807, 2.05) is 19.1 Å². The van der Waals surface area contributed by atoms with E-state index in [2.05, 4.69) is 26.2 Å². The maximum absolute atomic E-state index is 12.5. The van der Waals surface area contributed by atoms with E-state index in [0.29, 0.717) is 11.8 Å². The number of thioether (sulfide) groups is 1. The third kappa shape index (κ3) is 3.95. The SMILES string of the molecule is CC(C#N)(NC(=O)CSc1nnc(-c2ccco2)n1C1CCCCC1)C1CC1. The summed E-state index contributed by atoms with van der Waals surface area (Å²) in [5.41, 5.74) is -0.770. The van der Waals surface area contributed by atoms with Gasteiger partial charge in [0, 0.05) is 6.04 Å². The van der Waals surface area contributed by atoms with Crippen molar-refractivity contribution in [1.29, 1.82) is 5.26 Å². The summed E-state index contributed by atoms with van der Waals surface area (Å²) in [6.45, 7) is 1.81. The fourth-order valence-electron chi connectivity index (χ4n) is 3.96. The summed E-state index contributed by atoms with van der Waals surface area (Å²) in [5.74, 6) is 1.76. The van der Waals surface area contributed by atoms with Gasteiger partial charge in [-0.15, -0.1) is 10.2 Å². The van der Waals surface area contributed by atoms with Crippen LogP contribution in [0.15, 0.2) is 28.0 Å². The maximum atomic E-state index is 12.5. The molecule has 1 N–H and O–H groups in total. The second-order valence-corrected chi connectivity index (χ2v) is 8.81. The predicted molar refractivity (Wildman–Crippen MR) is 105 cm³/mol. The van der Waals surface area contributed by atoms with Gasteiger partial charge in [-0.05, 0) is 50.7 Å². The van der Waals surface area contributed by atoms with Crippen LogP contribution in [0.2, 0.25) is 0 Å². The molecule has 28 heavy (non-hydrogen) atoms. The Morgan fingerprint density at radius 3 is 2.79 bits per heavy atom. The Bertz CT molecular complexity index is 862. The van der Waals surface area contributed by atoms with Crippen molar-refractivity contribution >= 4 is 17.7 Å². The van der Waals surface area contributed by atoms with E-state index in [0.717, 1.165) is 36.7 Å². The maximum Gasteiger partial charge on any atom is 0.231 e. The third-order valence-corrected chi connectivity index (χ3v) is 6.65. The summed E-state index contributed by atoms with van der Waals surface area (Å²) in [6.07, 6.45) is 9.43. The number of carbonyl (C=O) groups excluding carboxylic acids is 1. The van der Waals surface area contributed by atoms with E-state index >= 15 is 0 Å². The van der Waals surface area contributed by atoms with E-state index in [1.54, 1.807) is 6.26 Å². The molecule has 1 amide bonds. The molecule has 1 atom stereocenters. The Kier molecular flexibility index (Phi) is 5.44. The molecule has 2 aliphatic carbocycles. The van der Waals surface area contributed by atoms with Gasteiger partial charge in [-0.2, -0.15) is 5.26 Å². The van der Waals surface area contributed by atoms with Crippen molar-refractivity contribution in [3.8, 4) is 17.7 Å². The Morgan fingerprint density at radius 1 is 1.36 bits per heavy atom. The first-order valence-electron chi connectivity index (χ1n) is 9.94. The average molecular weight is 400 g/mol. The molecule has 0 spiro atoms. The normalized spacial score (nSPS) is 19.7. The van der Waals surface area contributed by atoms with Crippen molar-refractivity contribution < 1.29 is 9.21 Å². The lowest BCUT2D eigenvalue weighted by molar-refractivity contribution is -0.119. The smallest absolute Gasteiger partial charge is 0.231 e. The number of nitrogens with zero attached hydrogens (tertiary/aromatic N) is 4. The largest absolute Gasteiger partial charge is 0.461 e. The van der Waals surface area contributed by atoms with Crippen molar-refractivity contribution in [1.82, 2.24) is 20.1 Å². The molecule has 2 fully saturated rings. The molecule has 4 rings (SSSR count). The lowest BCUT2D eigenvalue weighted by atomic mass is 9.95. The van der Waals surface area contributed by atoms with Gasteiger partial charge in [0.15, 0.2) is 10.9 Å². The zero-order valence-electron chi connectivity index (χ0n) is 16.1. The standard InChI is InChI=1S/C20H25N5O2S/c1-20(13-21,14-9-10-14)22-17(26)12-28-19-24-23-18(16-8-5-11-27-16)25(19)15-6-3-2-4-7-15/h5,8,11,14-15H,2-4,6-7,9-10,12H2,1H3,(H,22,26). The topological polar surface area (TPSA) is 96.7 Å². The monoisotopic (exact) mass is 399 g/mol. The lowest BCUT2D eigenvalue weighted by Crippen LogP contribution is -2.47. The molecule has 7 nitrogen and oxygen atoms in total. The van der Waals surface area contributed by atoms with Gasteiger partial charge < -0.3 is 9.73 Å². The molecule has 1 unspecified atom stereocenters. The fourth-order valence-corrected chi connectivity index (χ4v) is 4.76. The Labute approximate surface area is 168 Å². The summed E-state index contributed by atoms with van der Waals surface area (Å²) in [7, 11) is 0. The minimum Gasteiger partial charge on any atom is -0.461 e. The first-order valence-corrected chi connectivity index (χ1v) is 10.9. The zero-order chi connectivity index (χ0) is 19.6. The molecule has 0 aliphatic heterocycles. The molecule has 0 aromatic carbocycles. The van der Waals surface area contributed by atoms with Crippen molar-refractivity contribution in [2.24, 2.45) is 5.92 Å². The number of hydrogen-bond acceptors (Lipinski definition) is 6. The van der Waals surface area contributed by atoms with Gasteiger partial charge in [0.2, 0.25) is 11.7 Å². The summed E-state index contributed by atoms with van der Waals surface area (Å²) in [6, 6.07) is 6.32. The van der Waals surface area contributed by atoms with Crippen LogP contribution in [0.3, 0.4) is 0 Å². The predicted octanol–water partition coefficient (Wildman–Crippen LogP) is 3.94. The van der Waals surface area contributed by atoms with Crippen molar-refractivity contribution in [2.75, 3.05) is 5.75 Å².